The molecule has 0 aliphatic carbocycles. The molecule has 1 nitrogen and oxygen atoms in total. The Morgan fingerprint density at radius 1 is 1.31 bits per heavy atom. The summed E-state index contributed by atoms with van der Waals surface area (Å²) >= 11 is 0. The van der Waals surface area contributed by atoms with Crippen LogP contribution in [0, 0.1) is 30.4 Å². The van der Waals surface area contributed by atoms with Gasteiger partial charge in [-0.2, -0.15) is 5.26 Å². The number of nitriles is 1. The average molecular weight is 165 g/mol. The molecule has 1 heteroatoms. The number of aryl methyl sites for hydroxylation is 1. The first-order chi connectivity index (χ1) is 6.33. The smallest absolute Gasteiger partial charge is 0.100 e. The third-order valence-electron chi connectivity index (χ3n) is 2.11. The Hall–Kier alpha value is -1.99. The molecule has 0 fully saturated rings. The standard InChI is InChI=1S/C12H7N/c1-9-6-7-10(8-13)12-5-3-2-4-11(9)12/h2,4,6-7H,1H3. The molecule has 2 aromatic rings. The molecule has 0 saturated carbocycles. The highest BCUT2D eigenvalue weighted by molar-refractivity contribution is 5.88. The lowest BCUT2D eigenvalue weighted by Crippen LogP contribution is -1.81. The summed E-state index contributed by atoms with van der Waals surface area (Å²) in [5, 5.41) is 10.8. The third kappa shape index (κ3) is 1.11. The summed E-state index contributed by atoms with van der Waals surface area (Å²) < 4.78 is 0. The van der Waals surface area contributed by atoms with Crippen molar-refractivity contribution in [2.24, 2.45) is 0 Å². The molecule has 0 bridgehead atoms. The molecule has 0 saturated heterocycles. The van der Waals surface area contributed by atoms with Crippen LogP contribution in [-0.4, -0.2) is 0 Å². The summed E-state index contributed by atoms with van der Waals surface area (Å²) in [5.41, 5.74) is 1.83. The van der Waals surface area contributed by atoms with Crippen LogP contribution in [0.2, 0.25) is 0 Å². The number of hydrogen-bond acceptors (Lipinski definition) is 1. The van der Waals surface area contributed by atoms with Gasteiger partial charge in [0, 0.05) is 0 Å². The topological polar surface area (TPSA) is 23.8 Å². The van der Waals surface area contributed by atoms with Crippen molar-refractivity contribution >= 4 is 10.8 Å². The Kier molecular flexibility index (Phi) is 1.65. The Balaban J connectivity index is 2.95. The van der Waals surface area contributed by atoms with Crippen LogP contribution in [0.5, 0.6) is 0 Å². The fourth-order valence-electron chi connectivity index (χ4n) is 1.41. The van der Waals surface area contributed by atoms with E-state index in [0.29, 0.717) is 5.56 Å². The van der Waals surface area contributed by atoms with Crippen LogP contribution >= 0.6 is 0 Å². The molecule has 0 aliphatic rings. The van der Waals surface area contributed by atoms with E-state index in [1.54, 1.807) is 0 Å². The summed E-state index contributed by atoms with van der Waals surface area (Å²) in [5.74, 6) is 0. The van der Waals surface area contributed by atoms with Gasteiger partial charge >= 0.3 is 0 Å². The molecule has 0 aliphatic heterocycles. The average Bonchev–Trinajstić information content (AvgIpc) is 2.19. The molecule has 0 heterocycles. The molecule has 0 aromatic heterocycles. The zero-order chi connectivity index (χ0) is 9.26. The molecule has 0 radical (unpaired) electrons. The fourth-order valence-corrected chi connectivity index (χ4v) is 1.41. The summed E-state index contributed by atoms with van der Waals surface area (Å²) in [4.78, 5) is 0. The van der Waals surface area contributed by atoms with Crippen molar-refractivity contribution < 1.29 is 0 Å². The van der Waals surface area contributed by atoms with E-state index >= 15 is 0 Å². The van der Waals surface area contributed by atoms with E-state index in [1.165, 1.54) is 5.56 Å². The third-order valence-corrected chi connectivity index (χ3v) is 2.11. The highest BCUT2D eigenvalue weighted by Gasteiger charge is 2.00. The van der Waals surface area contributed by atoms with Gasteiger partial charge in [-0.1, -0.05) is 18.2 Å². The second kappa shape index (κ2) is 2.81. The van der Waals surface area contributed by atoms with Crippen LogP contribution in [0.3, 0.4) is 0 Å². The highest BCUT2D eigenvalue weighted by atomic mass is 14.2. The summed E-state index contributed by atoms with van der Waals surface area (Å²) in [6.07, 6.45) is 0. The first kappa shape index (κ1) is 7.65. The fraction of sp³-hybridized carbons (Fsp3) is 0.0833. The van der Waals surface area contributed by atoms with Gasteiger partial charge in [0.05, 0.1) is 10.9 Å². The molecule has 2 aromatic carbocycles. The van der Waals surface area contributed by atoms with Crippen LogP contribution in [-0.2, 0) is 0 Å². The minimum atomic E-state index is 0.664. The van der Waals surface area contributed by atoms with Gasteiger partial charge < -0.3 is 0 Å². The quantitative estimate of drug-likeness (QED) is 0.588. The van der Waals surface area contributed by atoms with Crippen molar-refractivity contribution in [3.63, 3.8) is 0 Å². The van der Waals surface area contributed by atoms with Crippen LogP contribution in [0.15, 0.2) is 24.3 Å². The van der Waals surface area contributed by atoms with E-state index in [1.807, 2.05) is 31.2 Å². The monoisotopic (exact) mass is 165 g/mol. The molecule has 0 amide bonds. The highest BCUT2D eigenvalue weighted by Crippen LogP contribution is 2.19. The molecular formula is C12H7N. The van der Waals surface area contributed by atoms with Crippen molar-refractivity contribution in [1.29, 1.82) is 5.26 Å². The maximum absolute atomic E-state index is 8.84. The van der Waals surface area contributed by atoms with Gasteiger partial charge in [-0.3, -0.25) is 0 Å². The van der Waals surface area contributed by atoms with Crippen molar-refractivity contribution in [2.75, 3.05) is 0 Å². The zero-order valence-electron chi connectivity index (χ0n) is 7.26. The van der Waals surface area contributed by atoms with Gasteiger partial charge in [-0.25, -0.2) is 0 Å². The first-order valence-electron chi connectivity index (χ1n) is 4.04. The van der Waals surface area contributed by atoms with E-state index in [2.05, 4.69) is 18.2 Å². The molecular weight excluding hydrogens is 158 g/mol. The number of benzene rings is 1. The Labute approximate surface area is 77.2 Å². The van der Waals surface area contributed by atoms with E-state index in [4.69, 9.17) is 5.26 Å². The largest absolute Gasteiger partial charge is 0.192 e. The maximum atomic E-state index is 8.84. The lowest BCUT2D eigenvalue weighted by atomic mass is 10.0. The van der Waals surface area contributed by atoms with Crippen LogP contribution < -0.4 is 0 Å². The van der Waals surface area contributed by atoms with Gasteiger partial charge in [0.15, 0.2) is 0 Å². The molecule has 13 heavy (non-hydrogen) atoms. The van der Waals surface area contributed by atoms with Gasteiger partial charge in [0.25, 0.3) is 0 Å². The lowest BCUT2D eigenvalue weighted by Gasteiger charge is -1.99. The van der Waals surface area contributed by atoms with Gasteiger partial charge in [-0.05, 0) is 36.1 Å². The van der Waals surface area contributed by atoms with Crippen molar-refractivity contribution in [3.05, 3.63) is 47.5 Å². The summed E-state index contributed by atoms with van der Waals surface area (Å²) in [6, 6.07) is 15.5. The minimum absolute atomic E-state index is 0.664. The van der Waals surface area contributed by atoms with E-state index < -0.39 is 0 Å². The summed E-state index contributed by atoms with van der Waals surface area (Å²) in [6.45, 7) is 2.03. The van der Waals surface area contributed by atoms with Crippen molar-refractivity contribution in [3.8, 4) is 6.07 Å². The normalized spacial score (nSPS) is 9.23. The van der Waals surface area contributed by atoms with E-state index in [0.717, 1.165) is 10.8 Å². The van der Waals surface area contributed by atoms with E-state index in [9.17, 15) is 0 Å². The molecule has 0 spiro atoms. The number of nitrogens with zero attached hydrogens (tertiary/aromatic N) is 1. The number of hydrogen-bond donors (Lipinski definition) is 0. The Bertz CT molecular complexity index is 492. The van der Waals surface area contributed by atoms with Crippen LogP contribution in [0.25, 0.3) is 10.8 Å². The summed E-state index contributed by atoms with van der Waals surface area (Å²) in [7, 11) is 0. The number of rotatable bonds is 0. The van der Waals surface area contributed by atoms with Crippen LogP contribution in [0.4, 0.5) is 0 Å². The lowest BCUT2D eigenvalue weighted by molar-refractivity contribution is 1.48. The molecule has 0 N–H and O–H groups in total. The first-order valence-corrected chi connectivity index (χ1v) is 4.04. The van der Waals surface area contributed by atoms with Gasteiger partial charge in [0.1, 0.15) is 6.07 Å². The Morgan fingerprint density at radius 2 is 2.15 bits per heavy atom. The van der Waals surface area contributed by atoms with Gasteiger partial charge in [-0.15, -0.1) is 0 Å². The minimum Gasteiger partial charge on any atom is -0.192 e. The Morgan fingerprint density at radius 3 is 2.92 bits per heavy atom. The molecule has 0 atom stereocenters. The van der Waals surface area contributed by atoms with E-state index in [-0.39, 0.29) is 0 Å². The number of fused-ring (bicyclic) bond motifs is 1. The SMILES string of the molecule is Cc1ccc(C#N)c2c#cccc12. The maximum Gasteiger partial charge on any atom is 0.100 e. The molecule has 2 rings (SSSR count). The zero-order valence-corrected chi connectivity index (χ0v) is 7.26. The van der Waals surface area contributed by atoms with Crippen LogP contribution in [0.1, 0.15) is 11.1 Å². The predicted molar refractivity (Wildman–Crippen MR) is 51.1 cm³/mol. The molecule has 60 valence electrons. The second-order valence-electron chi connectivity index (χ2n) is 2.93. The molecule has 0 unspecified atom stereocenters. The second-order valence-corrected chi connectivity index (χ2v) is 2.93. The predicted octanol–water partition coefficient (Wildman–Crippen LogP) is 2.62. The van der Waals surface area contributed by atoms with Crippen molar-refractivity contribution in [1.82, 2.24) is 0 Å². The van der Waals surface area contributed by atoms with Gasteiger partial charge in [0.2, 0.25) is 0 Å². The van der Waals surface area contributed by atoms with Crippen molar-refractivity contribution in [2.45, 2.75) is 6.92 Å².